The Hall–Kier alpha value is -3.69. The summed E-state index contributed by atoms with van der Waals surface area (Å²) >= 11 is 5.87. The van der Waals surface area contributed by atoms with Crippen molar-refractivity contribution in [3.05, 3.63) is 108 Å². The third-order valence-corrected chi connectivity index (χ3v) is 7.25. The minimum Gasteiger partial charge on any atom is -0.351 e. The van der Waals surface area contributed by atoms with Crippen LogP contribution in [0, 0.1) is 13.8 Å². The van der Waals surface area contributed by atoms with Gasteiger partial charge >= 0.3 is 0 Å². The average Bonchev–Trinajstić information content (AvgIpc) is 3.44. The van der Waals surface area contributed by atoms with Gasteiger partial charge < -0.3 is 14.8 Å². The standard InChI is InChI=1S/C27H27N5O2S2/c1-18-9-4-5-11-23(18)31-16-8-12-24(31)26-25(22-10-6-7-15-28-22)29-27(35)32(26)20-13-14-21(19(2)17-20)30-36(3,33)34/h4-17,25-26,30H,1-3H3,(H,29,35)/t25-,26-/m1/s1. The molecule has 1 fully saturated rings. The monoisotopic (exact) mass is 517 g/mol. The summed E-state index contributed by atoms with van der Waals surface area (Å²) in [7, 11) is -3.39. The molecule has 0 aliphatic carbocycles. The SMILES string of the molecule is Cc1cc(N2C(=S)N[C@H](c3ccccn3)[C@H]2c2cccn2-c2ccccc2C)ccc1NS(C)(=O)=O. The summed E-state index contributed by atoms with van der Waals surface area (Å²) in [5, 5.41) is 4.07. The van der Waals surface area contributed by atoms with Crippen LogP contribution in [0.25, 0.3) is 5.69 Å². The Labute approximate surface area is 216 Å². The van der Waals surface area contributed by atoms with Crippen molar-refractivity contribution in [3.8, 4) is 5.69 Å². The van der Waals surface area contributed by atoms with Gasteiger partial charge in [-0.05, 0) is 85.7 Å². The highest BCUT2D eigenvalue weighted by Crippen LogP contribution is 2.43. The predicted molar refractivity (Wildman–Crippen MR) is 148 cm³/mol. The van der Waals surface area contributed by atoms with E-state index in [1.54, 1.807) is 12.3 Å². The number of aryl methyl sites for hydroxylation is 2. The lowest BCUT2D eigenvalue weighted by atomic mass is 10.00. The van der Waals surface area contributed by atoms with Crippen LogP contribution >= 0.6 is 12.2 Å². The fourth-order valence-corrected chi connectivity index (χ4v) is 5.71. The van der Waals surface area contributed by atoms with Gasteiger partial charge in [0, 0.05) is 29.5 Å². The number of hydrogen-bond acceptors (Lipinski definition) is 4. The topological polar surface area (TPSA) is 79.3 Å². The molecule has 0 spiro atoms. The van der Waals surface area contributed by atoms with E-state index < -0.39 is 10.0 Å². The fraction of sp³-hybridized carbons (Fsp3) is 0.185. The van der Waals surface area contributed by atoms with E-state index in [0.717, 1.165) is 40.1 Å². The first-order valence-electron chi connectivity index (χ1n) is 11.6. The molecule has 7 nitrogen and oxygen atoms in total. The Balaban J connectivity index is 1.65. The van der Waals surface area contributed by atoms with Crippen LogP contribution in [-0.2, 0) is 10.0 Å². The summed E-state index contributed by atoms with van der Waals surface area (Å²) in [6.07, 6.45) is 5.00. The van der Waals surface area contributed by atoms with Crippen LogP contribution in [0.3, 0.4) is 0 Å². The van der Waals surface area contributed by atoms with Crippen LogP contribution in [0.1, 0.15) is 34.6 Å². The van der Waals surface area contributed by atoms with Crippen molar-refractivity contribution >= 4 is 38.7 Å². The second kappa shape index (κ2) is 9.40. The van der Waals surface area contributed by atoms with Crippen molar-refractivity contribution < 1.29 is 8.42 Å². The molecular weight excluding hydrogens is 490 g/mol. The van der Waals surface area contributed by atoms with Crippen LogP contribution in [0.2, 0.25) is 0 Å². The summed E-state index contributed by atoms with van der Waals surface area (Å²) < 4.78 is 28.4. The molecule has 3 heterocycles. The first-order valence-corrected chi connectivity index (χ1v) is 13.9. The smallest absolute Gasteiger partial charge is 0.229 e. The zero-order valence-electron chi connectivity index (χ0n) is 20.2. The maximum atomic E-state index is 11.8. The van der Waals surface area contributed by atoms with Crippen LogP contribution in [0.15, 0.2) is 85.2 Å². The van der Waals surface area contributed by atoms with Crippen molar-refractivity contribution in [3.63, 3.8) is 0 Å². The molecule has 36 heavy (non-hydrogen) atoms. The lowest BCUT2D eigenvalue weighted by Crippen LogP contribution is -2.30. The van der Waals surface area contributed by atoms with Crippen LogP contribution < -0.4 is 14.9 Å². The zero-order valence-corrected chi connectivity index (χ0v) is 21.8. The van der Waals surface area contributed by atoms with E-state index in [9.17, 15) is 8.42 Å². The molecule has 2 atom stereocenters. The molecule has 2 N–H and O–H groups in total. The molecule has 1 aliphatic heterocycles. The van der Waals surface area contributed by atoms with Gasteiger partial charge in [-0.25, -0.2) is 8.42 Å². The van der Waals surface area contributed by atoms with Gasteiger partial charge in [0.2, 0.25) is 10.0 Å². The van der Waals surface area contributed by atoms with E-state index in [-0.39, 0.29) is 12.1 Å². The number of anilines is 2. The summed E-state index contributed by atoms with van der Waals surface area (Å²) in [6.45, 7) is 3.98. The largest absolute Gasteiger partial charge is 0.351 e. The van der Waals surface area contributed by atoms with Crippen LogP contribution in [-0.4, -0.2) is 29.3 Å². The molecular formula is C27H27N5O2S2. The van der Waals surface area contributed by atoms with Gasteiger partial charge in [-0.1, -0.05) is 24.3 Å². The Morgan fingerprint density at radius 3 is 2.44 bits per heavy atom. The van der Waals surface area contributed by atoms with Crippen LogP contribution in [0.5, 0.6) is 0 Å². The van der Waals surface area contributed by atoms with Gasteiger partial charge in [0.1, 0.15) is 6.04 Å². The molecule has 0 saturated carbocycles. The molecule has 2 aromatic heterocycles. The Bertz CT molecular complexity index is 1530. The Morgan fingerprint density at radius 2 is 1.75 bits per heavy atom. The number of thiocarbonyl (C=S) groups is 1. The van der Waals surface area contributed by atoms with Gasteiger partial charge in [-0.3, -0.25) is 9.71 Å². The number of nitrogens with one attached hydrogen (secondary N) is 2. The molecule has 0 unspecified atom stereocenters. The summed E-state index contributed by atoms with van der Waals surface area (Å²) in [6, 6.07) is 23.5. The lowest BCUT2D eigenvalue weighted by molar-refractivity contribution is 0.549. The second-order valence-electron chi connectivity index (χ2n) is 8.96. The number of pyridine rings is 1. The average molecular weight is 518 g/mol. The number of aromatic nitrogens is 2. The molecule has 5 rings (SSSR count). The molecule has 9 heteroatoms. The van der Waals surface area contributed by atoms with Gasteiger partial charge in [-0.15, -0.1) is 0 Å². The third-order valence-electron chi connectivity index (χ3n) is 6.34. The van der Waals surface area contributed by atoms with Crippen molar-refractivity contribution in [2.45, 2.75) is 25.9 Å². The van der Waals surface area contributed by atoms with E-state index >= 15 is 0 Å². The van der Waals surface area contributed by atoms with E-state index in [1.165, 1.54) is 0 Å². The number of hydrogen-bond donors (Lipinski definition) is 2. The van der Waals surface area contributed by atoms with Gasteiger partial charge in [-0.2, -0.15) is 0 Å². The van der Waals surface area contributed by atoms with Gasteiger partial charge in [0.05, 0.1) is 23.7 Å². The first kappa shape index (κ1) is 24.0. The fourth-order valence-electron chi connectivity index (χ4n) is 4.73. The summed E-state index contributed by atoms with van der Waals surface area (Å²) in [5.74, 6) is 0. The summed E-state index contributed by atoms with van der Waals surface area (Å²) in [5.41, 5.74) is 6.41. The van der Waals surface area contributed by atoms with Crippen molar-refractivity contribution in [1.82, 2.24) is 14.9 Å². The first-order chi connectivity index (χ1) is 17.2. The minimum absolute atomic E-state index is 0.189. The van der Waals surface area contributed by atoms with Crippen molar-refractivity contribution in [2.75, 3.05) is 15.9 Å². The molecule has 0 amide bonds. The number of sulfonamides is 1. The number of nitrogens with zero attached hydrogens (tertiary/aromatic N) is 3. The molecule has 184 valence electrons. The van der Waals surface area contributed by atoms with Gasteiger partial charge in [0.15, 0.2) is 5.11 Å². The van der Waals surface area contributed by atoms with E-state index in [4.69, 9.17) is 12.2 Å². The third kappa shape index (κ3) is 4.59. The number of benzene rings is 2. The highest BCUT2D eigenvalue weighted by atomic mass is 32.2. The molecule has 0 bridgehead atoms. The molecule has 1 saturated heterocycles. The van der Waals surface area contributed by atoms with Crippen molar-refractivity contribution in [2.24, 2.45) is 0 Å². The molecule has 2 aromatic carbocycles. The van der Waals surface area contributed by atoms with E-state index in [1.807, 2.05) is 55.5 Å². The maximum Gasteiger partial charge on any atom is 0.229 e. The molecule has 1 aliphatic rings. The van der Waals surface area contributed by atoms with Gasteiger partial charge in [0.25, 0.3) is 0 Å². The normalized spacial score (nSPS) is 17.8. The van der Waals surface area contributed by atoms with E-state index in [0.29, 0.717) is 10.8 Å². The number of rotatable bonds is 6. The molecule has 4 aromatic rings. The zero-order chi connectivity index (χ0) is 25.4. The Morgan fingerprint density at radius 1 is 0.972 bits per heavy atom. The second-order valence-corrected chi connectivity index (χ2v) is 11.1. The molecule has 0 radical (unpaired) electrons. The van der Waals surface area contributed by atoms with E-state index in [2.05, 4.69) is 55.8 Å². The highest BCUT2D eigenvalue weighted by Gasteiger charge is 2.42. The lowest BCUT2D eigenvalue weighted by Gasteiger charge is -2.29. The summed E-state index contributed by atoms with van der Waals surface area (Å²) in [4.78, 5) is 6.73. The van der Waals surface area contributed by atoms with Crippen molar-refractivity contribution in [1.29, 1.82) is 0 Å². The maximum absolute atomic E-state index is 11.8. The Kier molecular flexibility index (Phi) is 6.27. The minimum atomic E-state index is -3.39. The quantitative estimate of drug-likeness (QED) is 0.349. The van der Waals surface area contributed by atoms with Crippen LogP contribution in [0.4, 0.5) is 11.4 Å². The highest BCUT2D eigenvalue weighted by molar-refractivity contribution is 7.92. The predicted octanol–water partition coefficient (Wildman–Crippen LogP) is 5.04. The number of para-hydroxylation sites is 1.